The molecule has 0 bridgehead atoms. The molecule has 1 saturated heterocycles. The minimum atomic E-state index is 0.320. The Morgan fingerprint density at radius 1 is 1.00 bits per heavy atom. The Balaban J connectivity index is 1.75. The van der Waals surface area contributed by atoms with Gasteiger partial charge in [0.15, 0.2) is 0 Å². The highest BCUT2D eigenvalue weighted by Gasteiger charge is 2.47. The van der Waals surface area contributed by atoms with Gasteiger partial charge in [0.2, 0.25) is 0 Å². The van der Waals surface area contributed by atoms with Crippen LogP contribution in [0.4, 0.5) is 0 Å². The van der Waals surface area contributed by atoms with E-state index in [1.54, 1.807) is 0 Å². The van der Waals surface area contributed by atoms with Crippen LogP contribution >= 0.6 is 0 Å². The van der Waals surface area contributed by atoms with E-state index in [0.717, 1.165) is 30.2 Å². The third-order valence-corrected chi connectivity index (χ3v) is 7.24. The minimum Gasteiger partial charge on any atom is -0.329 e. The van der Waals surface area contributed by atoms with Gasteiger partial charge in [0.05, 0.1) is 0 Å². The molecule has 20 heavy (non-hydrogen) atoms. The number of fused-ring (bicyclic) bond motifs is 1. The summed E-state index contributed by atoms with van der Waals surface area (Å²) in [5, 5.41) is 0. The average molecular weight is 278 g/mol. The van der Waals surface area contributed by atoms with Crippen molar-refractivity contribution in [3.05, 3.63) is 0 Å². The second-order valence-electron chi connectivity index (χ2n) is 8.01. The number of hydrogen-bond donors (Lipinski definition) is 1. The van der Waals surface area contributed by atoms with Gasteiger partial charge in [0, 0.05) is 18.6 Å². The van der Waals surface area contributed by atoms with Crippen molar-refractivity contribution < 1.29 is 0 Å². The number of likely N-dealkylation sites (tertiary alicyclic amines) is 1. The van der Waals surface area contributed by atoms with E-state index in [2.05, 4.69) is 18.7 Å². The molecule has 3 aliphatic rings. The number of nitrogens with two attached hydrogens (primary N) is 1. The first-order chi connectivity index (χ1) is 9.67. The summed E-state index contributed by atoms with van der Waals surface area (Å²) in [5.74, 6) is 3.62. The van der Waals surface area contributed by atoms with E-state index in [9.17, 15) is 0 Å². The maximum atomic E-state index is 6.35. The topological polar surface area (TPSA) is 29.3 Å². The lowest BCUT2D eigenvalue weighted by Crippen LogP contribution is -2.63. The van der Waals surface area contributed by atoms with E-state index in [4.69, 9.17) is 5.73 Å². The number of rotatable bonds is 2. The molecule has 2 heteroatoms. The third-order valence-electron chi connectivity index (χ3n) is 7.24. The molecule has 0 aromatic carbocycles. The summed E-state index contributed by atoms with van der Waals surface area (Å²) in [7, 11) is 0. The van der Waals surface area contributed by atoms with E-state index in [1.807, 2.05) is 0 Å². The third kappa shape index (κ3) is 2.43. The molecule has 5 unspecified atom stereocenters. The van der Waals surface area contributed by atoms with Crippen molar-refractivity contribution in [1.82, 2.24) is 4.90 Å². The van der Waals surface area contributed by atoms with E-state index >= 15 is 0 Å². The molecule has 3 rings (SSSR count). The van der Waals surface area contributed by atoms with Gasteiger partial charge in [0.25, 0.3) is 0 Å². The quantitative estimate of drug-likeness (QED) is 0.835. The highest BCUT2D eigenvalue weighted by atomic mass is 15.2. The van der Waals surface area contributed by atoms with Crippen LogP contribution in [-0.4, -0.2) is 30.1 Å². The molecule has 0 amide bonds. The fourth-order valence-corrected chi connectivity index (χ4v) is 5.61. The van der Waals surface area contributed by atoms with Gasteiger partial charge in [-0.25, -0.2) is 0 Å². The van der Waals surface area contributed by atoms with Crippen LogP contribution in [0.3, 0.4) is 0 Å². The van der Waals surface area contributed by atoms with Crippen molar-refractivity contribution in [3.8, 4) is 0 Å². The molecule has 2 N–H and O–H groups in total. The highest BCUT2D eigenvalue weighted by Crippen LogP contribution is 2.45. The van der Waals surface area contributed by atoms with Gasteiger partial charge in [-0.3, -0.25) is 4.90 Å². The van der Waals surface area contributed by atoms with Crippen LogP contribution in [0.2, 0.25) is 0 Å². The lowest BCUT2D eigenvalue weighted by Gasteiger charge is -2.56. The first-order valence-corrected chi connectivity index (χ1v) is 9.12. The summed E-state index contributed by atoms with van der Waals surface area (Å²) in [6, 6.07) is 0. The van der Waals surface area contributed by atoms with Crippen LogP contribution < -0.4 is 5.73 Å². The van der Waals surface area contributed by atoms with Gasteiger partial charge in [-0.1, -0.05) is 46.0 Å². The Hall–Kier alpha value is -0.0800. The summed E-state index contributed by atoms with van der Waals surface area (Å²) in [6.45, 7) is 8.45. The van der Waals surface area contributed by atoms with Gasteiger partial charge in [-0.15, -0.1) is 0 Å². The van der Waals surface area contributed by atoms with Gasteiger partial charge in [-0.2, -0.15) is 0 Å². The van der Waals surface area contributed by atoms with Crippen LogP contribution in [0.15, 0.2) is 0 Å². The summed E-state index contributed by atoms with van der Waals surface area (Å²) in [4.78, 5) is 2.85. The smallest absolute Gasteiger partial charge is 0.0359 e. The molecule has 5 atom stereocenters. The summed E-state index contributed by atoms with van der Waals surface area (Å²) in [6.07, 6.45) is 11.5. The SMILES string of the molecule is CC1CCCC(CN)(N2CCC3CCCCC3C2)C1C. The molecule has 0 aromatic rings. The molecule has 1 heterocycles. The van der Waals surface area contributed by atoms with E-state index in [-0.39, 0.29) is 0 Å². The van der Waals surface area contributed by atoms with Crippen molar-refractivity contribution in [1.29, 1.82) is 0 Å². The van der Waals surface area contributed by atoms with Crippen molar-refractivity contribution in [2.24, 2.45) is 29.4 Å². The first kappa shape index (κ1) is 14.8. The second-order valence-corrected chi connectivity index (χ2v) is 8.01. The Bertz CT molecular complexity index is 329. The first-order valence-electron chi connectivity index (χ1n) is 9.12. The van der Waals surface area contributed by atoms with Gasteiger partial charge in [0.1, 0.15) is 0 Å². The fourth-order valence-electron chi connectivity index (χ4n) is 5.61. The zero-order chi connectivity index (χ0) is 14.2. The lowest BCUT2D eigenvalue weighted by molar-refractivity contribution is -0.0537. The molecule has 0 radical (unpaired) electrons. The molecule has 3 fully saturated rings. The Morgan fingerprint density at radius 2 is 1.75 bits per heavy atom. The largest absolute Gasteiger partial charge is 0.329 e. The molecule has 2 nitrogen and oxygen atoms in total. The normalized spacial score (nSPS) is 47.0. The number of hydrogen-bond acceptors (Lipinski definition) is 2. The molecule has 2 aliphatic carbocycles. The zero-order valence-electron chi connectivity index (χ0n) is 13.6. The summed E-state index contributed by atoms with van der Waals surface area (Å²) >= 11 is 0. The minimum absolute atomic E-state index is 0.320. The number of piperidine rings is 1. The van der Waals surface area contributed by atoms with Crippen LogP contribution in [0.1, 0.15) is 65.2 Å². The Morgan fingerprint density at radius 3 is 2.50 bits per heavy atom. The summed E-state index contributed by atoms with van der Waals surface area (Å²) < 4.78 is 0. The molecular weight excluding hydrogens is 244 g/mol. The Kier molecular flexibility index (Phi) is 4.42. The van der Waals surface area contributed by atoms with Crippen molar-refractivity contribution >= 4 is 0 Å². The van der Waals surface area contributed by atoms with Crippen LogP contribution in [0, 0.1) is 23.7 Å². The van der Waals surface area contributed by atoms with Crippen LogP contribution in [-0.2, 0) is 0 Å². The average Bonchev–Trinajstić information content (AvgIpc) is 2.50. The molecule has 0 aromatic heterocycles. The van der Waals surface area contributed by atoms with Crippen molar-refractivity contribution in [2.45, 2.75) is 70.8 Å². The maximum Gasteiger partial charge on any atom is 0.0359 e. The van der Waals surface area contributed by atoms with Crippen LogP contribution in [0.25, 0.3) is 0 Å². The van der Waals surface area contributed by atoms with E-state index < -0.39 is 0 Å². The maximum absolute atomic E-state index is 6.35. The van der Waals surface area contributed by atoms with E-state index in [0.29, 0.717) is 5.54 Å². The van der Waals surface area contributed by atoms with Gasteiger partial charge in [-0.05, 0) is 49.5 Å². The molecule has 1 aliphatic heterocycles. The molecule has 2 saturated carbocycles. The van der Waals surface area contributed by atoms with Gasteiger partial charge < -0.3 is 5.73 Å². The molecule has 0 spiro atoms. The highest BCUT2D eigenvalue weighted by molar-refractivity contribution is 5.02. The monoisotopic (exact) mass is 278 g/mol. The standard InChI is InChI=1S/C18H34N2/c1-14-6-5-10-18(13-19,15(14)2)20-11-9-16-7-3-4-8-17(16)12-20/h14-17H,3-13,19H2,1-2H3. The Labute approximate surface area is 125 Å². The number of nitrogens with zero attached hydrogens (tertiary/aromatic N) is 1. The van der Waals surface area contributed by atoms with Crippen LogP contribution in [0.5, 0.6) is 0 Å². The summed E-state index contributed by atoms with van der Waals surface area (Å²) in [5.41, 5.74) is 6.67. The van der Waals surface area contributed by atoms with Crippen molar-refractivity contribution in [2.75, 3.05) is 19.6 Å². The van der Waals surface area contributed by atoms with Gasteiger partial charge >= 0.3 is 0 Å². The van der Waals surface area contributed by atoms with E-state index in [1.165, 1.54) is 64.5 Å². The van der Waals surface area contributed by atoms with Crippen molar-refractivity contribution in [3.63, 3.8) is 0 Å². The zero-order valence-corrected chi connectivity index (χ0v) is 13.6. The fraction of sp³-hybridized carbons (Fsp3) is 1.00. The second kappa shape index (κ2) is 5.96. The lowest BCUT2D eigenvalue weighted by atomic mass is 9.65. The molecular formula is C18H34N2. The predicted molar refractivity (Wildman–Crippen MR) is 85.6 cm³/mol. The molecule has 116 valence electrons. The predicted octanol–water partition coefficient (Wildman–Crippen LogP) is 3.65.